The first kappa shape index (κ1) is 18.2. The van der Waals surface area contributed by atoms with Gasteiger partial charge in [0.05, 0.1) is 11.4 Å². The summed E-state index contributed by atoms with van der Waals surface area (Å²) in [5.41, 5.74) is 0.520. The summed E-state index contributed by atoms with van der Waals surface area (Å²) in [5, 5.41) is 18.8. The number of carboxylic acid groups (broad SMARTS) is 2. The smallest absolute Gasteiger partial charge is 0.357 e. The summed E-state index contributed by atoms with van der Waals surface area (Å²) in [7, 11) is 0. The molecule has 0 spiro atoms. The number of halogens is 2. The third-order valence-corrected chi connectivity index (χ3v) is 4.94. The lowest BCUT2D eigenvalue weighted by molar-refractivity contribution is 0.0641. The molecule has 0 unspecified atom stereocenters. The maximum Gasteiger partial charge on any atom is 0.357 e. The number of aromatic carboxylic acids is 2. The number of rotatable bonds is 4. The minimum absolute atomic E-state index is 0.270. The van der Waals surface area contributed by atoms with Crippen molar-refractivity contribution in [3.05, 3.63) is 68.9 Å². The van der Waals surface area contributed by atoms with E-state index in [2.05, 4.69) is 41.8 Å². The van der Waals surface area contributed by atoms with Gasteiger partial charge in [-0.05, 0) is 12.1 Å². The Labute approximate surface area is 164 Å². The second-order valence-corrected chi connectivity index (χ2v) is 6.90. The van der Waals surface area contributed by atoms with E-state index >= 15 is 0 Å². The van der Waals surface area contributed by atoms with E-state index in [1.807, 2.05) is 12.1 Å². The van der Waals surface area contributed by atoms with Crippen LogP contribution in [0, 0.1) is 0 Å². The minimum Gasteiger partial charge on any atom is -0.476 e. The molecule has 2 aromatic carbocycles. The zero-order valence-corrected chi connectivity index (χ0v) is 16.2. The van der Waals surface area contributed by atoms with Gasteiger partial charge in [-0.15, -0.1) is 0 Å². The second-order valence-electron chi connectivity index (χ2n) is 5.19. The van der Waals surface area contributed by atoms with Gasteiger partial charge in [-0.1, -0.05) is 68.3 Å². The minimum atomic E-state index is -1.46. The van der Waals surface area contributed by atoms with Crippen molar-refractivity contribution in [2.24, 2.45) is 0 Å². The van der Waals surface area contributed by atoms with Gasteiger partial charge in [0.2, 0.25) is 0 Å². The highest BCUT2D eigenvalue weighted by Crippen LogP contribution is 2.37. The molecule has 0 saturated carbocycles. The highest BCUT2D eigenvalue weighted by molar-refractivity contribution is 9.11. The van der Waals surface area contributed by atoms with E-state index in [0.29, 0.717) is 20.1 Å². The van der Waals surface area contributed by atoms with Crippen molar-refractivity contribution in [2.75, 3.05) is 0 Å². The molecule has 2 N–H and O–H groups in total. The molecule has 0 bridgehead atoms. The number of hydrogen-bond donors (Lipinski definition) is 2. The molecule has 0 aliphatic carbocycles. The fraction of sp³-hybridized carbons (Fsp3) is 0. The monoisotopic (exact) mass is 476 g/mol. The zero-order chi connectivity index (χ0) is 18.8. The largest absolute Gasteiger partial charge is 0.476 e. The van der Waals surface area contributed by atoms with Crippen LogP contribution >= 0.6 is 31.9 Å². The molecule has 1 heterocycles. The van der Waals surface area contributed by atoms with Crippen molar-refractivity contribution >= 4 is 43.8 Å². The molecule has 130 valence electrons. The molecule has 3 aromatic rings. The van der Waals surface area contributed by atoms with Crippen molar-refractivity contribution in [1.82, 2.24) is 9.97 Å². The topological polar surface area (TPSA) is 100 Å². The van der Waals surface area contributed by atoms with Crippen molar-refractivity contribution in [2.45, 2.75) is 0 Å². The van der Waals surface area contributed by atoms with Crippen molar-refractivity contribution < 1.29 is 19.8 Å². The van der Waals surface area contributed by atoms with Crippen LogP contribution in [-0.2, 0) is 0 Å². The molecular formula is C18H10Br2N2O4. The van der Waals surface area contributed by atoms with Crippen molar-refractivity contribution in [3.63, 3.8) is 0 Å². The average Bonchev–Trinajstić information content (AvgIpc) is 2.61. The van der Waals surface area contributed by atoms with Gasteiger partial charge in [-0.2, -0.15) is 0 Å². The van der Waals surface area contributed by atoms with Gasteiger partial charge in [0.25, 0.3) is 0 Å². The van der Waals surface area contributed by atoms with Crippen LogP contribution in [0.15, 0.2) is 57.5 Å². The fourth-order valence-electron chi connectivity index (χ4n) is 2.42. The molecule has 0 atom stereocenters. The molecule has 0 aliphatic heterocycles. The zero-order valence-electron chi connectivity index (χ0n) is 13.0. The summed E-state index contributed by atoms with van der Waals surface area (Å²) < 4.78 is 1.36. The Morgan fingerprint density at radius 3 is 1.35 bits per heavy atom. The van der Waals surface area contributed by atoms with Gasteiger partial charge in [-0.3, -0.25) is 0 Å². The molecule has 0 amide bonds. The molecule has 0 saturated heterocycles. The van der Waals surface area contributed by atoms with E-state index in [1.54, 1.807) is 36.4 Å². The quantitative estimate of drug-likeness (QED) is 0.563. The summed E-state index contributed by atoms with van der Waals surface area (Å²) in [4.78, 5) is 31.3. The summed E-state index contributed by atoms with van der Waals surface area (Å²) in [6.07, 6.45) is 0. The maximum absolute atomic E-state index is 11.5. The Balaban J connectivity index is 2.43. The van der Waals surface area contributed by atoms with Gasteiger partial charge in [0.1, 0.15) is 0 Å². The molecule has 26 heavy (non-hydrogen) atoms. The number of hydrogen-bond acceptors (Lipinski definition) is 4. The average molecular weight is 478 g/mol. The second kappa shape index (κ2) is 7.35. The Morgan fingerprint density at radius 2 is 1.04 bits per heavy atom. The summed E-state index contributed by atoms with van der Waals surface area (Å²) >= 11 is 6.85. The molecule has 6 nitrogen and oxygen atoms in total. The van der Waals surface area contributed by atoms with Gasteiger partial charge in [0, 0.05) is 20.1 Å². The lowest BCUT2D eigenvalue weighted by Crippen LogP contribution is -2.15. The summed E-state index contributed by atoms with van der Waals surface area (Å²) in [5.74, 6) is -2.91. The summed E-state index contributed by atoms with van der Waals surface area (Å²) in [6, 6.07) is 14.2. The van der Waals surface area contributed by atoms with Gasteiger partial charge in [0.15, 0.2) is 11.4 Å². The summed E-state index contributed by atoms with van der Waals surface area (Å²) in [6.45, 7) is 0. The highest BCUT2D eigenvalue weighted by Gasteiger charge is 2.26. The molecule has 8 heteroatoms. The Bertz CT molecular complexity index is 955. The standard InChI is InChI=1S/C18H10Br2N2O4/c19-11-7-3-1-5-9(11)13-14(10-6-2-4-8-12(10)20)22-16(18(25)26)15(21-13)17(23)24/h1-8H,(H,23,24)(H,25,26). The van der Waals surface area contributed by atoms with Crippen LogP contribution in [0.1, 0.15) is 21.0 Å². The van der Waals surface area contributed by atoms with E-state index in [0.717, 1.165) is 0 Å². The van der Waals surface area contributed by atoms with Crippen LogP contribution in [0.4, 0.5) is 0 Å². The lowest BCUT2D eigenvalue weighted by Gasteiger charge is -2.13. The Hall–Kier alpha value is -2.58. The lowest BCUT2D eigenvalue weighted by atomic mass is 10.0. The predicted octanol–water partition coefficient (Wildman–Crippen LogP) is 4.73. The first-order chi connectivity index (χ1) is 12.4. The van der Waals surface area contributed by atoms with Gasteiger partial charge in [-0.25, -0.2) is 19.6 Å². The van der Waals surface area contributed by atoms with Crippen LogP contribution in [0.2, 0.25) is 0 Å². The number of nitrogens with zero attached hydrogens (tertiary/aromatic N) is 2. The first-order valence-corrected chi connectivity index (χ1v) is 8.87. The Morgan fingerprint density at radius 1 is 0.692 bits per heavy atom. The molecule has 1 aromatic heterocycles. The van der Waals surface area contributed by atoms with E-state index in [9.17, 15) is 19.8 Å². The fourth-order valence-corrected chi connectivity index (χ4v) is 3.36. The maximum atomic E-state index is 11.5. The van der Waals surface area contributed by atoms with Crippen LogP contribution in [0.3, 0.4) is 0 Å². The van der Waals surface area contributed by atoms with Crippen LogP contribution in [0.25, 0.3) is 22.5 Å². The number of aromatic nitrogens is 2. The molecule has 3 rings (SSSR count). The third-order valence-electron chi connectivity index (χ3n) is 3.56. The van der Waals surface area contributed by atoms with Gasteiger partial charge >= 0.3 is 11.9 Å². The molecular weight excluding hydrogens is 468 g/mol. The number of carboxylic acids is 2. The third kappa shape index (κ3) is 3.38. The van der Waals surface area contributed by atoms with E-state index in [1.165, 1.54) is 0 Å². The van der Waals surface area contributed by atoms with E-state index < -0.39 is 23.3 Å². The van der Waals surface area contributed by atoms with E-state index in [-0.39, 0.29) is 11.4 Å². The van der Waals surface area contributed by atoms with Crippen molar-refractivity contribution in [3.8, 4) is 22.5 Å². The first-order valence-electron chi connectivity index (χ1n) is 7.28. The molecule has 0 aliphatic rings. The number of carbonyl (C=O) groups is 2. The normalized spacial score (nSPS) is 10.5. The van der Waals surface area contributed by atoms with Crippen LogP contribution in [0.5, 0.6) is 0 Å². The van der Waals surface area contributed by atoms with E-state index in [4.69, 9.17) is 0 Å². The molecule has 0 fully saturated rings. The number of benzene rings is 2. The highest BCUT2D eigenvalue weighted by atomic mass is 79.9. The molecule has 0 radical (unpaired) electrons. The predicted molar refractivity (Wildman–Crippen MR) is 102 cm³/mol. The van der Waals surface area contributed by atoms with Crippen LogP contribution in [-0.4, -0.2) is 32.1 Å². The Kier molecular flexibility index (Phi) is 5.15. The van der Waals surface area contributed by atoms with Crippen LogP contribution < -0.4 is 0 Å². The van der Waals surface area contributed by atoms with Gasteiger partial charge < -0.3 is 10.2 Å². The SMILES string of the molecule is O=C(O)c1nc(-c2ccccc2Br)c(-c2ccccc2Br)nc1C(=O)O. The van der Waals surface area contributed by atoms with Crippen molar-refractivity contribution in [1.29, 1.82) is 0 Å².